The Hall–Kier alpha value is -1.03. The maximum absolute atomic E-state index is 11.5. The number of aryl methyl sites for hydroxylation is 1. The second-order valence-electron chi connectivity index (χ2n) is 4.26. The highest BCUT2D eigenvalue weighted by atomic mass is 32.1. The summed E-state index contributed by atoms with van der Waals surface area (Å²) in [5.74, 6) is 0. The quantitative estimate of drug-likeness (QED) is 0.837. The van der Waals surface area contributed by atoms with Crippen molar-refractivity contribution in [3.63, 3.8) is 0 Å². The number of hydrogen-bond acceptors (Lipinski definition) is 3. The van der Waals surface area contributed by atoms with Crippen LogP contribution in [0.5, 0.6) is 0 Å². The standard InChI is InChI=1S/C11H17NO2S/c1-5-8-6-7-15-9(8)12-10(13)14-11(2,3)4/h6-7H,5H2,1-4H3,(H,12,13). The molecule has 4 heteroatoms. The van der Waals surface area contributed by atoms with Crippen molar-refractivity contribution < 1.29 is 9.53 Å². The molecular formula is C11H17NO2S. The van der Waals surface area contributed by atoms with Crippen LogP contribution in [0.2, 0.25) is 0 Å². The molecule has 0 spiro atoms. The summed E-state index contributed by atoms with van der Waals surface area (Å²) in [6.07, 6.45) is 0.522. The van der Waals surface area contributed by atoms with Gasteiger partial charge in [0, 0.05) is 0 Å². The third kappa shape index (κ3) is 3.91. The normalized spacial score (nSPS) is 11.2. The maximum atomic E-state index is 11.5. The van der Waals surface area contributed by atoms with Gasteiger partial charge in [-0.3, -0.25) is 5.32 Å². The Morgan fingerprint density at radius 3 is 2.73 bits per heavy atom. The SMILES string of the molecule is CCc1ccsc1NC(=O)OC(C)(C)C. The molecule has 0 aromatic carbocycles. The molecule has 0 aliphatic carbocycles. The smallest absolute Gasteiger partial charge is 0.412 e. The van der Waals surface area contributed by atoms with Crippen molar-refractivity contribution in [3.05, 3.63) is 17.0 Å². The van der Waals surface area contributed by atoms with Gasteiger partial charge in [0.05, 0.1) is 0 Å². The van der Waals surface area contributed by atoms with Gasteiger partial charge in [-0.25, -0.2) is 4.79 Å². The maximum Gasteiger partial charge on any atom is 0.412 e. The Morgan fingerprint density at radius 2 is 2.20 bits per heavy atom. The van der Waals surface area contributed by atoms with Crippen molar-refractivity contribution in [2.75, 3.05) is 5.32 Å². The summed E-state index contributed by atoms with van der Waals surface area (Å²) in [5, 5.41) is 5.60. The first-order chi connectivity index (χ1) is 6.92. The third-order valence-electron chi connectivity index (χ3n) is 1.74. The van der Waals surface area contributed by atoms with E-state index in [4.69, 9.17) is 4.74 Å². The fourth-order valence-electron chi connectivity index (χ4n) is 1.12. The summed E-state index contributed by atoms with van der Waals surface area (Å²) < 4.78 is 5.17. The highest BCUT2D eigenvalue weighted by Gasteiger charge is 2.17. The van der Waals surface area contributed by atoms with Gasteiger partial charge in [-0.2, -0.15) is 0 Å². The molecule has 1 heterocycles. The molecular weight excluding hydrogens is 210 g/mol. The minimum atomic E-state index is -0.451. The topological polar surface area (TPSA) is 38.3 Å². The van der Waals surface area contributed by atoms with E-state index in [1.165, 1.54) is 11.3 Å². The lowest BCUT2D eigenvalue weighted by molar-refractivity contribution is 0.0636. The van der Waals surface area contributed by atoms with Crippen molar-refractivity contribution in [2.45, 2.75) is 39.7 Å². The van der Waals surface area contributed by atoms with Crippen molar-refractivity contribution in [1.82, 2.24) is 0 Å². The minimum absolute atomic E-state index is 0.389. The lowest BCUT2D eigenvalue weighted by Gasteiger charge is -2.19. The Kier molecular flexibility index (Phi) is 3.74. The summed E-state index contributed by atoms with van der Waals surface area (Å²) in [6.45, 7) is 7.60. The van der Waals surface area contributed by atoms with E-state index in [9.17, 15) is 4.79 Å². The van der Waals surface area contributed by atoms with Crippen LogP contribution in [-0.4, -0.2) is 11.7 Å². The summed E-state index contributed by atoms with van der Waals surface area (Å²) in [4.78, 5) is 11.5. The Balaban J connectivity index is 2.59. The summed E-state index contributed by atoms with van der Waals surface area (Å²) in [5.41, 5.74) is 0.694. The zero-order valence-electron chi connectivity index (χ0n) is 9.59. The molecule has 1 aromatic rings. The molecule has 0 radical (unpaired) electrons. The van der Waals surface area contributed by atoms with Crippen LogP contribution in [0.15, 0.2) is 11.4 Å². The molecule has 0 aliphatic heterocycles. The van der Waals surface area contributed by atoms with Crippen LogP contribution in [0.25, 0.3) is 0 Å². The minimum Gasteiger partial charge on any atom is -0.444 e. The van der Waals surface area contributed by atoms with Gasteiger partial charge in [0.15, 0.2) is 0 Å². The summed E-state index contributed by atoms with van der Waals surface area (Å²) >= 11 is 1.52. The molecule has 0 aliphatic rings. The average molecular weight is 227 g/mol. The van der Waals surface area contributed by atoms with Crippen molar-refractivity contribution >= 4 is 22.4 Å². The molecule has 84 valence electrons. The van der Waals surface area contributed by atoms with Crippen LogP contribution in [0.1, 0.15) is 33.3 Å². The molecule has 0 atom stereocenters. The Bertz CT molecular complexity index is 339. The van der Waals surface area contributed by atoms with Crippen molar-refractivity contribution in [3.8, 4) is 0 Å². The Labute approximate surface area is 94.5 Å². The number of carbonyl (C=O) groups excluding carboxylic acids is 1. The van der Waals surface area contributed by atoms with Crippen LogP contribution >= 0.6 is 11.3 Å². The lowest BCUT2D eigenvalue weighted by atomic mass is 10.2. The second-order valence-corrected chi connectivity index (χ2v) is 5.17. The first kappa shape index (κ1) is 12.0. The summed E-state index contributed by atoms with van der Waals surface area (Å²) in [7, 11) is 0. The highest BCUT2D eigenvalue weighted by Crippen LogP contribution is 2.24. The van der Waals surface area contributed by atoms with Gasteiger partial charge in [0.2, 0.25) is 0 Å². The summed E-state index contributed by atoms with van der Waals surface area (Å²) in [6, 6.07) is 2.01. The largest absolute Gasteiger partial charge is 0.444 e. The van der Waals surface area contributed by atoms with Crippen LogP contribution in [0.3, 0.4) is 0 Å². The van der Waals surface area contributed by atoms with Gasteiger partial charge in [0.25, 0.3) is 0 Å². The van der Waals surface area contributed by atoms with Crippen LogP contribution in [-0.2, 0) is 11.2 Å². The number of hydrogen-bond donors (Lipinski definition) is 1. The van der Waals surface area contributed by atoms with Crippen LogP contribution < -0.4 is 5.32 Å². The van der Waals surface area contributed by atoms with Gasteiger partial charge in [-0.05, 0) is 44.2 Å². The lowest BCUT2D eigenvalue weighted by Crippen LogP contribution is -2.27. The van der Waals surface area contributed by atoms with Gasteiger partial charge in [-0.1, -0.05) is 6.92 Å². The molecule has 0 fully saturated rings. The Morgan fingerprint density at radius 1 is 1.53 bits per heavy atom. The highest BCUT2D eigenvalue weighted by molar-refractivity contribution is 7.14. The number of thiophene rings is 1. The first-order valence-electron chi connectivity index (χ1n) is 4.98. The number of ether oxygens (including phenoxy) is 1. The molecule has 0 bridgehead atoms. The molecule has 1 rings (SSSR count). The molecule has 0 unspecified atom stereocenters. The van der Waals surface area contributed by atoms with E-state index in [1.807, 2.05) is 32.2 Å². The first-order valence-corrected chi connectivity index (χ1v) is 5.86. The molecule has 0 saturated heterocycles. The number of rotatable bonds is 2. The van der Waals surface area contributed by atoms with Crippen molar-refractivity contribution in [2.24, 2.45) is 0 Å². The molecule has 1 N–H and O–H groups in total. The molecule has 0 saturated carbocycles. The van der Waals surface area contributed by atoms with E-state index in [1.54, 1.807) is 0 Å². The fourth-order valence-corrected chi connectivity index (χ4v) is 1.99. The van der Waals surface area contributed by atoms with Crippen LogP contribution in [0.4, 0.5) is 9.80 Å². The monoisotopic (exact) mass is 227 g/mol. The molecule has 1 aromatic heterocycles. The zero-order valence-corrected chi connectivity index (χ0v) is 10.4. The van der Waals surface area contributed by atoms with Gasteiger partial charge in [0.1, 0.15) is 10.6 Å². The number of amides is 1. The molecule has 1 amide bonds. The van der Waals surface area contributed by atoms with E-state index >= 15 is 0 Å². The second kappa shape index (κ2) is 4.66. The third-order valence-corrected chi connectivity index (χ3v) is 2.61. The van der Waals surface area contributed by atoms with E-state index in [-0.39, 0.29) is 6.09 Å². The van der Waals surface area contributed by atoms with E-state index in [0.717, 1.165) is 17.0 Å². The number of anilines is 1. The zero-order chi connectivity index (χ0) is 11.5. The van der Waals surface area contributed by atoms with E-state index in [0.29, 0.717) is 0 Å². The van der Waals surface area contributed by atoms with E-state index in [2.05, 4.69) is 12.2 Å². The van der Waals surface area contributed by atoms with Gasteiger partial charge < -0.3 is 4.74 Å². The number of carbonyl (C=O) groups is 1. The van der Waals surface area contributed by atoms with Gasteiger partial charge in [-0.15, -0.1) is 11.3 Å². The van der Waals surface area contributed by atoms with E-state index < -0.39 is 5.60 Å². The predicted molar refractivity (Wildman–Crippen MR) is 63.6 cm³/mol. The fraction of sp³-hybridized carbons (Fsp3) is 0.545. The average Bonchev–Trinajstić information content (AvgIpc) is 2.48. The van der Waals surface area contributed by atoms with Crippen LogP contribution in [0, 0.1) is 0 Å². The van der Waals surface area contributed by atoms with Crippen molar-refractivity contribution in [1.29, 1.82) is 0 Å². The predicted octanol–water partition coefficient (Wildman–Crippen LogP) is 3.66. The van der Waals surface area contributed by atoms with Gasteiger partial charge >= 0.3 is 6.09 Å². The molecule has 3 nitrogen and oxygen atoms in total. The molecule has 15 heavy (non-hydrogen) atoms. The number of nitrogens with one attached hydrogen (secondary N) is 1.